The number of hydrogen-bond donors (Lipinski definition) is 3. The highest BCUT2D eigenvalue weighted by Crippen LogP contribution is 2.38. The molecule has 6 nitrogen and oxygen atoms in total. The summed E-state index contributed by atoms with van der Waals surface area (Å²) in [4.78, 5) is 30.1. The molecule has 3 aromatic rings. The summed E-state index contributed by atoms with van der Waals surface area (Å²) in [6.07, 6.45) is 5.25. The summed E-state index contributed by atoms with van der Waals surface area (Å²) in [6, 6.07) is 21.8. The molecule has 0 spiro atoms. The van der Waals surface area contributed by atoms with E-state index in [-0.39, 0.29) is 11.9 Å². The van der Waals surface area contributed by atoms with E-state index < -0.39 is 0 Å². The van der Waals surface area contributed by atoms with E-state index in [1.807, 2.05) is 6.92 Å². The van der Waals surface area contributed by atoms with E-state index >= 15 is 0 Å². The Balaban J connectivity index is 1.24. The summed E-state index contributed by atoms with van der Waals surface area (Å²) in [5, 5.41) is 3.79. The standard InChI is InChI=1S/C31H37N3O3S/c1-2-37-31(36)28-25-16-10-5-11-17-26(25)38-30(28)32-27(35)22-33-18-20-34(21-19-33)29(23-12-6-3-7-13-23)24-14-8-4-9-15-24/h3-4,6-9,12-15,29H,2,5,10-11,16-22H2,1H3,(H,32,35)/p+2. The van der Waals surface area contributed by atoms with Crippen LogP contribution in [0.25, 0.3) is 0 Å². The van der Waals surface area contributed by atoms with Crippen molar-refractivity contribution in [1.82, 2.24) is 0 Å². The average Bonchev–Trinajstić information content (AvgIpc) is 3.11. The van der Waals surface area contributed by atoms with Crippen LogP contribution in [0.1, 0.15) is 64.2 Å². The summed E-state index contributed by atoms with van der Waals surface area (Å²) in [6.45, 7) is 6.44. The second kappa shape index (κ2) is 12.7. The van der Waals surface area contributed by atoms with Gasteiger partial charge in [-0.1, -0.05) is 67.1 Å². The Morgan fingerprint density at radius 3 is 2.16 bits per heavy atom. The number of thiophene rings is 1. The van der Waals surface area contributed by atoms with Crippen LogP contribution < -0.4 is 15.1 Å². The van der Waals surface area contributed by atoms with Gasteiger partial charge in [0.1, 0.15) is 37.2 Å². The van der Waals surface area contributed by atoms with Crippen molar-refractivity contribution < 1.29 is 24.1 Å². The number of hydrogen-bond acceptors (Lipinski definition) is 4. The highest BCUT2D eigenvalue weighted by molar-refractivity contribution is 7.17. The van der Waals surface area contributed by atoms with Crippen LogP contribution in [0.4, 0.5) is 5.00 Å². The summed E-state index contributed by atoms with van der Waals surface area (Å²) in [5.74, 6) is -0.326. The van der Waals surface area contributed by atoms with Gasteiger partial charge in [0.25, 0.3) is 5.91 Å². The molecule has 1 aromatic heterocycles. The molecule has 2 aliphatic rings. The van der Waals surface area contributed by atoms with E-state index in [0.29, 0.717) is 29.8 Å². The quantitative estimate of drug-likeness (QED) is 0.308. The molecule has 1 aliphatic carbocycles. The van der Waals surface area contributed by atoms with Gasteiger partial charge in [-0.3, -0.25) is 4.79 Å². The van der Waals surface area contributed by atoms with Crippen LogP contribution in [-0.4, -0.2) is 51.2 Å². The molecular formula is C31H39N3O3S+2. The van der Waals surface area contributed by atoms with Crippen LogP contribution in [0.2, 0.25) is 0 Å². The van der Waals surface area contributed by atoms with Gasteiger partial charge in [0.05, 0.1) is 12.2 Å². The number of carbonyl (C=O) groups is 2. The molecule has 38 heavy (non-hydrogen) atoms. The van der Waals surface area contributed by atoms with Crippen LogP contribution in [0.5, 0.6) is 0 Å². The maximum absolute atomic E-state index is 13.2. The highest BCUT2D eigenvalue weighted by atomic mass is 32.1. The Labute approximate surface area is 229 Å². The van der Waals surface area contributed by atoms with Gasteiger partial charge < -0.3 is 19.9 Å². The Hall–Kier alpha value is -3.00. The lowest BCUT2D eigenvalue weighted by Crippen LogP contribution is -3.28. The van der Waals surface area contributed by atoms with Gasteiger partial charge in [-0.25, -0.2) is 4.79 Å². The van der Waals surface area contributed by atoms with Crippen LogP contribution >= 0.6 is 11.3 Å². The average molecular weight is 534 g/mol. The second-order valence-corrected chi connectivity index (χ2v) is 11.5. The fourth-order valence-corrected chi connectivity index (χ4v) is 7.29. The van der Waals surface area contributed by atoms with Gasteiger partial charge in [0, 0.05) is 16.0 Å². The van der Waals surface area contributed by atoms with Crippen LogP contribution in [0.3, 0.4) is 0 Å². The number of fused-ring (bicyclic) bond motifs is 1. The molecular weight excluding hydrogens is 494 g/mol. The van der Waals surface area contributed by atoms with Crippen LogP contribution in [0.15, 0.2) is 60.7 Å². The van der Waals surface area contributed by atoms with Crippen molar-refractivity contribution in [2.24, 2.45) is 0 Å². The van der Waals surface area contributed by atoms with Crippen molar-refractivity contribution in [2.75, 3.05) is 44.6 Å². The van der Waals surface area contributed by atoms with E-state index in [1.54, 1.807) is 11.3 Å². The summed E-state index contributed by atoms with van der Waals surface area (Å²) < 4.78 is 5.38. The molecule has 1 aliphatic heterocycles. The molecule has 0 saturated carbocycles. The predicted octanol–water partition coefficient (Wildman–Crippen LogP) is 2.71. The van der Waals surface area contributed by atoms with E-state index in [2.05, 4.69) is 66.0 Å². The third kappa shape index (κ3) is 6.17. The van der Waals surface area contributed by atoms with Gasteiger partial charge in [0.15, 0.2) is 6.54 Å². The van der Waals surface area contributed by atoms with Crippen molar-refractivity contribution in [3.63, 3.8) is 0 Å². The molecule has 2 heterocycles. The van der Waals surface area contributed by atoms with E-state index in [9.17, 15) is 9.59 Å². The molecule has 0 bridgehead atoms. The predicted molar refractivity (Wildman–Crippen MR) is 151 cm³/mol. The minimum Gasteiger partial charge on any atom is -0.462 e. The molecule has 1 amide bonds. The van der Waals surface area contributed by atoms with Gasteiger partial charge in [-0.05, 0) is 38.2 Å². The van der Waals surface area contributed by atoms with E-state index in [1.165, 1.54) is 32.2 Å². The van der Waals surface area contributed by atoms with Gasteiger partial charge in [0.2, 0.25) is 0 Å². The first kappa shape index (κ1) is 26.6. The number of piperazine rings is 1. The molecule has 0 radical (unpaired) electrons. The SMILES string of the molecule is CCOC(=O)c1c(NC(=O)C[NH+]2CC[NH+](C(c3ccccc3)c3ccccc3)CC2)sc2c1CCCCC2. The molecule has 0 atom stereocenters. The van der Waals surface area contributed by atoms with Gasteiger partial charge >= 0.3 is 5.97 Å². The van der Waals surface area contributed by atoms with Crippen molar-refractivity contribution >= 4 is 28.2 Å². The normalized spacial score (nSPS) is 19.4. The summed E-state index contributed by atoms with van der Waals surface area (Å²) in [5.41, 5.74) is 4.36. The maximum Gasteiger partial charge on any atom is 0.341 e. The van der Waals surface area contributed by atoms with Crippen molar-refractivity contribution in [3.8, 4) is 0 Å². The van der Waals surface area contributed by atoms with Crippen LogP contribution in [-0.2, 0) is 22.4 Å². The fourth-order valence-electron chi connectivity index (χ4n) is 5.99. The lowest BCUT2D eigenvalue weighted by atomic mass is 9.96. The largest absolute Gasteiger partial charge is 0.462 e. The topological polar surface area (TPSA) is 64.3 Å². The molecule has 5 rings (SSSR count). The van der Waals surface area contributed by atoms with Gasteiger partial charge in [-0.15, -0.1) is 11.3 Å². The zero-order valence-corrected chi connectivity index (χ0v) is 23.1. The number of quaternary nitrogens is 2. The van der Waals surface area contributed by atoms with Crippen molar-refractivity contribution in [2.45, 2.75) is 45.1 Å². The van der Waals surface area contributed by atoms with Crippen LogP contribution in [0, 0.1) is 0 Å². The number of ether oxygens (including phenoxy) is 1. The molecule has 2 aromatic carbocycles. The number of rotatable bonds is 8. The minimum absolute atomic E-state index is 0.0203. The van der Waals surface area contributed by atoms with Gasteiger partial charge in [-0.2, -0.15) is 0 Å². The third-order valence-corrected chi connectivity index (χ3v) is 9.04. The first-order valence-electron chi connectivity index (χ1n) is 14.0. The second-order valence-electron chi connectivity index (χ2n) is 10.4. The molecule has 1 fully saturated rings. The molecule has 7 heteroatoms. The molecule has 3 N–H and O–H groups in total. The first-order valence-corrected chi connectivity index (χ1v) is 14.8. The Kier molecular flexibility index (Phi) is 8.89. The monoisotopic (exact) mass is 533 g/mol. The molecule has 1 saturated heterocycles. The molecule has 0 unspecified atom stereocenters. The highest BCUT2D eigenvalue weighted by Gasteiger charge is 2.33. The zero-order valence-electron chi connectivity index (χ0n) is 22.3. The van der Waals surface area contributed by atoms with E-state index in [4.69, 9.17) is 4.74 Å². The Bertz CT molecular complexity index is 1180. The van der Waals surface area contributed by atoms with Crippen molar-refractivity contribution in [3.05, 3.63) is 87.8 Å². The number of aryl methyl sites for hydroxylation is 1. The lowest BCUT2D eigenvalue weighted by Gasteiger charge is -2.34. The van der Waals surface area contributed by atoms with Crippen molar-refractivity contribution in [1.29, 1.82) is 0 Å². The zero-order chi connectivity index (χ0) is 26.3. The Morgan fingerprint density at radius 1 is 0.895 bits per heavy atom. The number of carbonyl (C=O) groups excluding carboxylic acids is 2. The molecule has 200 valence electrons. The number of benzene rings is 2. The number of nitrogens with one attached hydrogen (secondary N) is 3. The Morgan fingerprint density at radius 2 is 1.53 bits per heavy atom. The minimum atomic E-state index is -0.306. The lowest BCUT2D eigenvalue weighted by molar-refractivity contribution is -1.02. The number of anilines is 1. The summed E-state index contributed by atoms with van der Waals surface area (Å²) in [7, 11) is 0. The number of esters is 1. The third-order valence-electron chi connectivity index (χ3n) is 7.84. The number of amides is 1. The maximum atomic E-state index is 13.2. The smallest absolute Gasteiger partial charge is 0.341 e. The fraction of sp³-hybridized carbons (Fsp3) is 0.419. The first-order chi connectivity index (χ1) is 18.6. The summed E-state index contributed by atoms with van der Waals surface area (Å²) >= 11 is 1.57. The van der Waals surface area contributed by atoms with E-state index in [0.717, 1.165) is 57.4 Å².